The quantitative estimate of drug-likeness (QED) is 0.681. The van der Waals surface area contributed by atoms with Crippen LogP contribution in [0, 0.1) is 0 Å². The van der Waals surface area contributed by atoms with Crippen molar-refractivity contribution in [2.24, 2.45) is 12.0 Å². The van der Waals surface area contributed by atoms with Crippen LogP contribution in [0.2, 0.25) is 0 Å². The molecule has 0 radical (unpaired) electrons. The number of methoxy groups -OCH3 is 1. The van der Waals surface area contributed by atoms with Gasteiger partial charge in [0, 0.05) is 13.3 Å². The van der Waals surface area contributed by atoms with Crippen molar-refractivity contribution in [2.45, 2.75) is 0 Å². The van der Waals surface area contributed by atoms with Gasteiger partial charge < -0.3 is 9.30 Å². The summed E-state index contributed by atoms with van der Waals surface area (Å²) in [6.45, 7) is 0. The molecule has 0 atom stereocenters. The fourth-order valence-electron chi connectivity index (χ4n) is 2.04. The Morgan fingerprint density at radius 2 is 1.95 bits per heavy atom. The number of hydrogen-bond acceptors (Lipinski definition) is 3. The second-order valence-electron chi connectivity index (χ2n) is 4.56. The normalized spacial score (nSPS) is 11.3. The van der Waals surface area contributed by atoms with Crippen molar-refractivity contribution in [3.05, 3.63) is 54.4 Å². The summed E-state index contributed by atoms with van der Waals surface area (Å²) in [5.74, 6) is 0.844. The summed E-state index contributed by atoms with van der Waals surface area (Å²) in [4.78, 5) is 8.81. The molecule has 0 fully saturated rings. The van der Waals surface area contributed by atoms with Crippen molar-refractivity contribution in [1.29, 1.82) is 0 Å². The van der Waals surface area contributed by atoms with E-state index in [0.29, 0.717) is 0 Å². The van der Waals surface area contributed by atoms with Crippen LogP contribution in [0.4, 0.5) is 5.69 Å². The van der Waals surface area contributed by atoms with Gasteiger partial charge in [0.15, 0.2) is 0 Å². The molecule has 0 spiro atoms. The van der Waals surface area contributed by atoms with Gasteiger partial charge in [-0.3, -0.25) is 4.99 Å². The first-order chi connectivity index (χ1) is 9.76. The minimum absolute atomic E-state index is 0.844. The minimum Gasteiger partial charge on any atom is -0.497 e. The van der Waals surface area contributed by atoms with E-state index in [2.05, 4.69) is 9.98 Å². The number of imidazole rings is 1. The van der Waals surface area contributed by atoms with Crippen molar-refractivity contribution < 1.29 is 4.74 Å². The number of aryl methyl sites for hydroxylation is 1. The van der Waals surface area contributed by atoms with Crippen molar-refractivity contribution in [1.82, 2.24) is 9.55 Å². The van der Waals surface area contributed by atoms with Crippen molar-refractivity contribution in [3.63, 3.8) is 0 Å². The Labute approximate surface area is 117 Å². The number of fused-ring (bicyclic) bond motifs is 1. The van der Waals surface area contributed by atoms with Crippen LogP contribution in [0.5, 0.6) is 5.75 Å². The summed E-state index contributed by atoms with van der Waals surface area (Å²) < 4.78 is 7.12. The number of nitrogens with zero attached hydrogens (tertiary/aromatic N) is 3. The summed E-state index contributed by atoms with van der Waals surface area (Å²) in [5.41, 5.74) is 3.99. The minimum atomic E-state index is 0.844. The van der Waals surface area contributed by atoms with Gasteiger partial charge in [0.25, 0.3) is 0 Å². The van der Waals surface area contributed by atoms with E-state index in [1.807, 2.05) is 66.6 Å². The first-order valence-corrected chi connectivity index (χ1v) is 6.35. The summed E-state index contributed by atoms with van der Waals surface area (Å²) in [6, 6.07) is 13.8. The van der Waals surface area contributed by atoms with Crippen molar-refractivity contribution in [2.75, 3.05) is 7.11 Å². The maximum atomic E-state index is 5.13. The molecule has 0 aliphatic carbocycles. The first-order valence-electron chi connectivity index (χ1n) is 6.35. The molecule has 0 saturated carbocycles. The Hall–Kier alpha value is -2.62. The van der Waals surface area contributed by atoms with Gasteiger partial charge in [-0.15, -0.1) is 0 Å². The predicted octanol–water partition coefficient (Wildman–Crippen LogP) is 3.33. The third-order valence-corrected chi connectivity index (χ3v) is 3.19. The second kappa shape index (κ2) is 5.17. The number of benzene rings is 2. The van der Waals surface area contributed by atoms with Crippen LogP contribution in [0.25, 0.3) is 11.0 Å². The predicted molar refractivity (Wildman–Crippen MR) is 81.0 cm³/mol. The Morgan fingerprint density at radius 3 is 2.70 bits per heavy atom. The van der Waals surface area contributed by atoms with E-state index in [-0.39, 0.29) is 0 Å². The lowest BCUT2D eigenvalue weighted by Gasteiger charge is -1.99. The lowest BCUT2D eigenvalue weighted by Crippen LogP contribution is -1.84. The van der Waals surface area contributed by atoms with E-state index in [1.165, 1.54) is 0 Å². The maximum Gasteiger partial charge on any atom is 0.118 e. The molecule has 0 amide bonds. The Kier molecular flexibility index (Phi) is 3.21. The van der Waals surface area contributed by atoms with Crippen LogP contribution in [-0.2, 0) is 7.05 Å². The Bertz CT molecular complexity index is 757. The number of rotatable bonds is 3. The standard InChI is InChI=1S/C16H15N3O/c1-19-11-18-15-9-13(5-8-16(15)19)17-10-12-3-6-14(20-2)7-4-12/h3-11H,1-2H3. The number of aromatic nitrogens is 2. The highest BCUT2D eigenvalue weighted by Crippen LogP contribution is 2.20. The molecule has 2 aromatic carbocycles. The molecule has 0 saturated heterocycles. The largest absolute Gasteiger partial charge is 0.497 e. The van der Waals surface area contributed by atoms with Gasteiger partial charge in [-0.05, 0) is 48.0 Å². The zero-order valence-electron chi connectivity index (χ0n) is 11.4. The smallest absolute Gasteiger partial charge is 0.118 e. The molecule has 0 unspecified atom stereocenters. The van der Waals surface area contributed by atoms with Gasteiger partial charge in [-0.1, -0.05) is 0 Å². The SMILES string of the molecule is COc1ccc(C=Nc2ccc3c(c2)ncn3C)cc1. The number of hydrogen-bond donors (Lipinski definition) is 0. The van der Waals surface area contributed by atoms with Crippen molar-refractivity contribution in [3.8, 4) is 5.75 Å². The van der Waals surface area contributed by atoms with Gasteiger partial charge >= 0.3 is 0 Å². The van der Waals surface area contributed by atoms with E-state index in [1.54, 1.807) is 7.11 Å². The molecule has 100 valence electrons. The molecule has 1 heterocycles. The third-order valence-electron chi connectivity index (χ3n) is 3.19. The van der Waals surface area contributed by atoms with Crippen LogP contribution in [0.15, 0.2) is 53.8 Å². The Balaban J connectivity index is 1.85. The van der Waals surface area contributed by atoms with E-state index >= 15 is 0 Å². The van der Waals surface area contributed by atoms with Gasteiger partial charge in [0.1, 0.15) is 5.75 Å². The molecular formula is C16H15N3O. The van der Waals surface area contributed by atoms with E-state index in [4.69, 9.17) is 4.74 Å². The topological polar surface area (TPSA) is 39.4 Å². The highest BCUT2D eigenvalue weighted by Gasteiger charge is 1.99. The van der Waals surface area contributed by atoms with E-state index in [9.17, 15) is 0 Å². The first kappa shape index (κ1) is 12.4. The molecule has 0 bridgehead atoms. The van der Waals surface area contributed by atoms with E-state index in [0.717, 1.165) is 28.0 Å². The molecule has 1 aromatic heterocycles. The lowest BCUT2D eigenvalue weighted by molar-refractivity contribution is 0.415. The fourth-order valence-corrected chi connectivity index (χ4v) is 2.04. The van der Waals surface area contributed by atoms with Crippen LogP contribution < -0.4 is 4.74 Å². The van der Waals surface area contributed by atoms with Crippen LogP contribution in [-0.4, -0.2) is 22.9 Å². The second-order valence-corrected chi connectivity index (χ2v) is 4.56. The van der Waals surface area contributed by atoms with Gasteiger partial charge in [0.05, 0.1) is 30.2 Å². The van der Waals surface area contributed by atoms with E-state index < -0.39 is 0 Å². The zero-order chi connectivity index (χ0) is 13.9. The third kappa shape index (κ3) is 2.40. The van der Waals surface area contributed by atoms with Gasteiger partial charge in [-0.25, -0.2) is 4.98 Å². The molecular weight excluding hydrogens is 250 g/mol. The zero-order valence-corrected chi connectivity index (χ0v) is 11.4. The van der Waals surface area contributed by atoms with Crippen LogP contribution >= 0.6 is 0 Å². The molecule has 0 N–H and O–H groups in total. The molecule has 3 aromatic rings. The van der Waals surface area contributed by atoms with Crippen molar-refractivity contribution >= 4 is 22.9 Å². The van der Waals surface area contributed by atoms with Crippen LogP contribution in [0.3, 0.4) is 0 Å². The summed E-state index contributed by atoms with van der Waals surface area (Å²) in [6.07, 6.45) is 3.64. The number of ether oxygens (including phenoxy) is 1. The molecule has 4 nitrogen and oxygen atoms in total. The van der Waals surface area contributed by atoms with Gasteiger partial charge in [-0.2, -0.15) is 0 Å². The number of aliphatic imine (C=N–C) groups is 1. The lowest BCUT2D eigenvalue weighted by atomic mass is 10.2. The fraction of sp³-hybridized carbons (Fsp3) is 0.125. The molecule has 4 heteroatoms. The average Bonchev–Trinajstić information content (AvgIpc) is 2.87. The van der Waals surface area contributed by atoms with Crippen LogP contribution in [0.1, 0.15) is 5.56 Å². The average molecular weight is 265 g/mol. The highest BCUT2D eigenvalue weighted by atomic mass is 16.5. The highest BCUT2D eigenvalue weighted by molar-refractivity contribution is 5.84. The monoisotopic (exact) mass is 265 g/mol. The summed E-state index contributed by atoms with van der Waals surface area (Å²) in [7, 11) is 3.64. The molecule has 0 aliphatic heterocycles. The van der Waals surface area contributed by atoms with Gasteiger partial charge in [0.2, 0.25) is 0 Å². The Morgan fingerprint density at radius 1 is 1.15 bits per heavy atom. The molecule has 0 aliphatic rings. The summed E-state index contributed by atoms with van der Waals surface area (Å²) >= 11 is 0. The maximum absolute atomic E-state index is 5.13. The molecule has 20 heavy (non-hydrogen) atoms. The summed E-state index contributed by atoms with van der Waals surface area (Å²) in [5, 5.41) is 0. The molecule has 3 rings (SSSR count).